The van der Waals surface area contributed by atoms with Crippen molar-refractivity contribution in [2.45, 2.75) is 25.5 Å². The fourth-order valence-corrected chi connectivity index (χ4v) is 2.63. The molecule has 2 unspecified atom stereocenters. The molecule has 1 heterocycles. The molecule has 0 bridgehead atoms. The van der Waals surface area contributed by atoms with E-state index in [0.29, 0.717) is 5.56 Å². The molecule has 2 rings (SSSR count). The highest BCUT2D eigenvalue weighted by molar-refractivity contribution is 9.10. The number of carbonyl (C=O) groups is 2. The summed E-state index contributed by atoms with van der Waals surface area (Å²) in [4.78, 5) is 24.8. The second-order valence-electron chi connectivity index (χ2n) is 4.61. The molecule has 1 aliphatic rings. The fraction of sp³-hybridized carbons (Fsp3) is 0.385. The fourth-order valence-electron chi connectivity index (χ4n) is 2.27. The summed E-state index contributed by atoms with van der Waals surface area (Å²) in [6, 6.07) is 4.25. The van der Waals surface area contributed by atoms with Crippen LogP contribution in [0.3, 0.4) is 0 Å². The van der Waals surface area contributed by atoms with Crippen LogP contribution in [-0.2, 0) is 4.79 Å². The number of benzene rings is 1. The third-order valence-corrected chi connectivity index (χ3v) is 4.18. The summed E-state index contributed by atoms with van der Waals surface area (Å²) in [5.41, 5.74) is 1.22. The van der Waals surface area contributed by atoms with Crippen LogP contribution < -0.4 is 0 Å². The van der Waals surface area contributed by atoms with E-state index in [1.54, 1.807) is 19.1 Å². The van der Waals surface area contributed by atoms with Crippen LogP contribution in [0.15, 0.2) is 22.7 Å². The van der Waals surface area contributed by atoms with Crippen LogP contribution in [0, 0.1) is 6.92 Å². The SMILES string of the molecule is Cc1c(Br)cccc1C(=O)N1CC(O)CC1C(=O)O. The molecule has 0 aromatic heterocycles. The largest absolute Gasteiger partial charge is 0.480 e. The molecule has 0 saturated carbocycles. The Bertz CT molecular complexity index is 531. The first-order chi connectivity index (χ1) is 8.91. The Kier molecular flexibility index (Phi) is 3.91. The molecule has 1 aliphatic heterocycles. The van der Waals surface area contributed by atoms with Crippen LogP contribution in [-0.4, -0.2) is 45.7 Å². The number of carboxylic acids is 1. The number of hydrogen-bond acceptors (Lipinski definition) is 3. The Morgan fingerprint density at radius 2 is 2.11 bits per heavy atom. The molecular weight excluding hydrogens is 314 g/mol. The lowest BCUT2D eigenvalue weighted by Crippen LogP contribution is -2.40. The van der Waals surface area contributed by atoms with Gasteiger partial charge in [0.2, 0.25) is 0 Å². The molecule has 0 spiro atoms. The van der Waals surface area contributed by atoms with Crippen LogP contribution in [0.5, 0.6) is 0 Å². The number of nitrogens with zero attached hydrogens (tertiary/aromatic N) is 1. The third-order valence-electron chi connectivity index (χ3n) is 3.32. The lowest BCUT2D eigenvalue weighted by Gasteiger charge is -2.22. The Morgan fingerprint density at radius 1 is 1.42 bits per heavy atom. The molecular formula is C13H14BrNO4. The van der Waals surface area contributed by atoms with Crippen molar-refractivity contribution >= 4 is 27.8 Å². The topological polar surface area (TPSA) is 77.8 Å². The van der Waals surface area contributed by atoms with E-state index in [9.17, 15) is 14.7 Å². The Labute approximate surface area is 119 Å². The normalized spacial score (nSPS) is 22.6. The van der Waals surface area contributed by atoms with E-state index in [-0.39, 0.29) is 18.9 Å². The predicted molar refractivity (Wildman–Crippen MR) is 72.0 cm³/mol. The van der Waals surface area contributed by atoms with Gasteiger partial charge >= 0.3 is 5.97 Å². The molecule has 1 amide bonds. The Balaban J connectivity index is 2.33. The molecule has 19 heavy (non-hydrogen) atoms. The number of halogens is 1. The summed E-state index contributed by atoms with van der Waals surface area (Å²) in [5, 5.41) is 18.7. The van der Waals surface area contributed by atoms with Gasteiger partial charge in [0.05, 0.1) is 6.10 Å². The van der Waals surface area contributed by atoms with Gasteiger partial charge in [-0.2, -0.15) is 0 Å². The molecule has 2 atom stereocenters. The molecule has 2 N–H and O–H groups in total. The number of aliphatic hydroxyl groups is 1. The molecule has 5 nitrogen and oxygen atoms in total. The highest BCUT2D eigenvalue weighted by Gasteiger charge is 2.39. The van der Waals surface area contributed by atoms with Gasteiger partial charge < -0.3 is 15.1 Å². The zero-order valence-electron chi connectivity index (χ0n) is 10.3. The van der Waals surface area contributed by atoms with Gasteiger partial charge in [0.25, 0.3) is 5.91 Å². The molecule has 0 aliphatic carbocycles. The Hall–Kier alpha value is -1.40. The molecule has 0 radical (unpaired) electrons. The highest BCUT2D eigenvalue weighted by atomic mass is 79.9. The van der Waals surface area contributed by atoms with Gasteiger partial charge in [-0.15, -0.1) is 0 Å². The Morgan fingerprint density at radius 3 is 2.74 bits per heavy atom. The van der Waals surface area contributed by atoms with Gasteiger partial charge in [-0.1, -0.05) is 22.0 Å². The summed E-state index contributed by atoms with van der Waals surface area (Å²) in [6.45, 7) is 1.85. The maximum absolute atomic E-state index is 12.4. The molecule has 1 aromatic rings. The summed E-state index contributed by atoms with van der Waals surface area (Å²) in [5.74, 6) is -1.44. The van der Waals surface area contributed by atoms with E-state index in [4.69, 9.17) is 5.11 Å². The molecule has 6 heteroatoms. The zero-order chi connectivity index (χ0) is 14.2. The summed E-state index contributed by atoms with van der Waals surface area (Å²) in [6.07, 6.45) is -0.703. The number of aliphatic hydroxyl groups excluding tert-OH is 1. The number of aliphatic carboxylic acids is 1. The lowest BCUT2D eigenvalue weighted by atomic mass is 10.1. The predicted octanol–water partition coefficient (Wildman–Crippen LogP) is 1.42. The number of carbonyl (C=O) groups excluding carboxylic acids is 1. The molecule has 1 aromatic carbocycles. The van der Waals surface area contributed by atoms with Crippen molar-refractivity contribution in [3.63, 3.8) is 0 Å². The number of rotatable bonds is 2. The van der Waals surface area contributed by atoms with Crippen molar-refractivity contribution in [1.29, 1.82) is 0 Å². The average molecular weight is 328 g/mol. The van der Waals surface area contributed by atoms with Crippen LogP contribution >= 0.6 is 15.9 Å². The number of carboxylic acid groups (broad SMARTS) is 1. The van der Waals surface area contributed by atoms with Crippen molar-refractivity contribution in [2.24, 2.45) is 0 Å². The van der Waals surface area contributed by atoms with Crippen molar-refractivity contribution in [3.05, 3.63) is 33.8 Å². The smallest absolute Gasteiger partial charge is 0.326 e. The van der Waals surface area contributed by atoms with E-state index < -0.39 is 18.1 Å². The minimum absolute atomic E-state index is 0.0573. The monoisotopic (exact) mass is 327 g/mol. The molecule has 102 valence electrons. The summed E-state index contributed by atoms with van der Waals surface area (Å²) >= 11 is 3.34. The summed E-state index contributed by atoms with van der Waals surface area (Å²) < 4.78 is 0.796. The van der Waals surface area contributed by atoms with Gasteiger partial charge in [0.15, 0.2) is 0 Å². The van der Waals surface area contributed by atoms with Gasteiger partial charge in [0.1, 0.15) is 6.04 Å². The van der Waals surface area contributed by atoms with E-state index in [2.05, 4.69) is 15.9 Å². The average Bonchev–Trinajstić information content (AvgIpc) is 2.74. The van der Waals surface area contributed by atoms with Gasteiger partial charge in [-0.3, -0.25) is 4.79 Å². The van der Waals surface area contributed by atoms with E-state index >= 15 is 0 Å². The van der Waals surface area contributed by atoms with Gasteiger partial charge in [-0.25, -0.2) is 4.79 Å². The van der Waals surface area contributed by atoms with E-state index in [1.165, 1.54) is 4.90 Å². The number of hydrogen-bond donors (Lipinski definition) is 2. The highest BCUT2D eigenvalue weighted by Crippen LogP contribution is 2.25. The van der Waals surface area contributed by atoms with Crippen LogP contribution in [0.1, 0.15) is 22.3 Å². The maximum atomic E-state index is 12.4. The van der Waals surface area contributed by atoms with Crippen molar-refractivity contribution in [2.75, 3.05) is 6.54 Å². The standard InChI is InChI=1S/C13H14BrNO4/c1-7-9(3-2-4-10(7)14)12(17)15-6-8(16)5-11(15)13(18)19/h2-4,8,11,16H,5-6H2,1H3,(H,18,19). The van der Waals surface area contributed by atoms with E-state index in [0.717, 1.165) is 10.0 Å². The zero-order valence-corrected chi connectivity index (χ0v) is 11.9. The van der Waals surface area contributed by atoms with Crippen molar-refractivity contribution < 1.29 is 19.8 Å². The third kappa shape index (κ3) is 2.64. The van der Waals surface area contributed by atoms with Crippen molar-refractivity contribution in [3.8, 4) is 0 Å². The molecule has 1 fully saturated rings. The van der Waals surface area contributed by atoms with E-state index in [1.807, 2.05) is 6.07 Å². The second-order valence-corrected chi connectivity index (χ2v) is 5.47. The van der Waals surface area contributed by atoms with Gasteiger partial charge in [-0.05, 0) is 24.6 Å². The first kappa shape index (κ1) is 14.0. The number of amides is 1. The summed E-state index contributed by atoms with van der Waals surface area (Å²) in [7, 11) is 0. The maximum Gasteiger partial charge on any atom is 0.326 e. The number of β-amino-alcohol motifs (C(OH)–C–C–N with tert-alkyl or cyclic N) is 1. The molecule has 1 saturated heterocycles. The number of likely N-dealkylation sites (tertiary alicyclic amines) is 1. The first-order valence-electron chi connectivity index (χ1n) is 5.88. The minimum atomic E-state index is -1.09. The van der Waals surface area contributed by atoms with Gasteiger partial charge in [0, 0.05) is 23.0 Å². The van der Waals surface area contributed by atoms with Crippen LogP contribution in [0.4, 0.5) is 0 Å². The first-order valence-corrected chi connectivity index (χ1v) is 6.68. The van der Waals surface area contributed by atoms with Crippen LogP contribution in [0.25, 0.3) is 0 Å². The van der Waals surface area contributed by atoms with Crippen molar-refractivity contribution in [1.82, 2.24) is 4.90 Å². The lowest BCUT2D eigenvalue weighted by molar-refractivity contribution is -0.141. The minimum Gasteiger partial charge on any atom is -0.480 e. The second kappa shape index (κ2) is 5.30. The quantitative estimate of drug-likeness (QED) is 0.861. The van der Waals surface area contributed by atoms with Crippen LogP contribution in [0.2, 0.25) is 0 Å².